The van der Waals surface area contributed by atoms with Gasteiger partial charge in [0.1, 0.15) is 5.75 Å². The van der Waals surface area contributed by atoms with Crippen LogP contribution >= 0.6 is 0 Å². The van der Waals surface area contributed by atoms with Crippen molar-refractivity contribution in [2.45, 2.75) is 26.7 Å². The number of hydrogen-bond donors (Lipinski definition) is 1. The predicted molar refractivity (Wildman–Crippen MR) is 102 cm³/mol. The van der Waals surface area contributed by atoms with Crippen molar-refractivity contribution >= 4 is 5.91 Å². The first-order chi connectivity index (χ1) is 12.5. The molecule has 140 valence electrons. The molecule has 0 aliphatic carbocycles. The topological polar surface area (TPSA) is 56.8 Å². The van der Waals surface area contributed by atoms with Gasteiger partial charge in [0.05, 0.1) is 14.2 Å². The highest BCUT2D eigenvalue weighted by atomic mass is 16.5. The molecule has 0 fully saturated rings. The van der Waals surface area contributed by atoms with E-state index in [2.05, 4.69) is 5.32 Å². The molecule has 0 aliphatic heterocycles. The van der Waals surface area contributed by atoms with Gasteiger partial charge >= 0.3 is 0 Å². The molecule has 0 atom stereocenters. The zero-order valence-electron chi connectivity index (χ0n) is 15.9. The molecule has 0 saturated heterocycles. The molecular weight excluding hydrogens is 330 g/mol. The molecule has 2 aromatic rings. The van der Waals surface area contributed by atoms with Crippen LogP contribution in [0, 0.1) is 13.8 Å². The largest absolute Gasteiger partial charge is 0.493 e. The van der Waals surface area contributed by atoms with Gasteiger partial charge in [0.25, 0.3) is 5.91 Å². The van der Waals surface area contributed by atoms with Gasteiger partial charge in [-0.3, -0.25) is 4.79 Å². The van der Waals surface area contributed by atoms with Gasteiger partial charge in [-0.05, 0) is 56.0 Å². The number of aryl methyl sites for hydroxylation is 3. The minimum Gasteiger partial charge on any atom is -0.493 e. The number of carbonyl (C=O) groups is 1. The number of rotatable bonds is 9. The van der Waals surface area contributed by atoms with Crippen LogP contribution < -0.4 is 19.5 Å². The molecule has 5 nitrogen and oxygen atoms in total. The monoisotopic (exact) mass is 357 g/mol. The summed E-state index contributed by atoms with van der Waals surface area (Å²) in [6.07, 6.45) is 1.68. The summed E-state index contributed by atoms with van der Waals surface area (Å²) in [5.41, 5.74) is 3.35. The van der Waals surface area contributed by atoms with Gasteiger partial charge in [0.2, 0.25) is 0 Å². The second-order valence-electron chi connectivity index (χ2n) is 6.20. The summed E-state index contributed by atoms with van der Waals surface area (Å²) in [6.45, 7) is 4.63. The Labute approximate surface area is 155 Å². The van der Waals surface area contributed by atoms with Crippen molar-refractivity contribution in [1.29, 1.82) is 0 Å². The lowest BCUT2D eigenvalue weighted by Crippen LogP contribution is -2.30. The van der Waals surface area contributed by atoms with E-state index in [9.17, 15) is 4.79 Å². The fraction of sp³-hybridized carbons (Fsp3) is 0.381. The van der Waals surface area contributed by atoms with Crippen molar-refractivity contribution < 1.29 is 19.0 Å². The van der Waals surface area contributed by atoms with E-state index in [1.807, 2.05) is 50.2 Å². The summed E-state index contributed by atoms with van der Waals surface area (Å²) >= 11 is 0. The molecule has 1 N–H and O–H groups in total. The molecule has 5 heteroatoms. The molecule has 26 heavy (non-hydrogen) atoms. The van der Waals surface area contributed by atoms with E-state index in [1.54, 1.807) is 14.2 Å². The second-order valence-corrected chi connectivity index (χ2v) is 6.20. The van der Waals surface area contributed by atoms with Gasteiger partial charge in [-0.25, -0.2) is 0 Å². The fourth-order valence-corrected chi connectivity index (χ4v) is 2.71. The van der Waals surface area contributed by atoms with E-state index in [-0.39, 0.29) is 12.5 Å². The number of carbonyl (C=O) groups excluding carboxylic acids is 1. The first-order valence-electron chi connectivity index (χ1n) is 8.71. The van der Waals surface area contributed by atoms with E-state index in [0.29, 0.717) is 12.3 Å². The van der Waals surface area contributed by atoms with Crippen molar-refractivity contribution in [2.75, 3.05) is 27.4 Å². The summed E-state index contributed by atoms with van der Waals surface area (Å²) in [5.74, 6) is 2.07. The van der Waals surface area contributed by atoms with Gasteiger partial charge in [-0.2, -0.15) is 0 Å². The number of benzene rings is 2. The maximum atomic E-state index is 11.9. The lowest BCUT2D eigenvalue weighted by molar-refractivity contribution is -0.123. The van der Waals surface area contributed by atoms with Crippen LogP contribution in [0.1, 0.15) is 23.1 Å². The molecule has 0 aliphatic rings. The van der Waals surface area contributed by atoms with Crippen LogP contribution in [0.25, 0.3) is 0 Å². The van der Waals surface area contributed by atoms with Crippen LogP contribution in [0.15, 0.2) is 36.4 Å². The van der Waals surface area contributed by atoms with Gasteiger partial charge < -0.3 is 19.5 Å². The highest BCUT2D eigenvalue weighted by Gasteiger charge is 2.06. The van der Waals surface area contributed by atoms with Crippen molar-refractivity contribution in [1.82, 2.24) is 5.32 Å². The summed E-state index contributed by atoms with van der Waals surface area (Å²) in [6, 6.07) is 11.8. The van der Waals surface area contributed by atoms with Crippen LogP contribution in [0.2, 0.25) is 0 Å². The SMILES string of the molecule is COc1ccc(CCCNC(=O)COc2ccc(C)cc2C)cc1OC. The molecule has 0 unspecified atom stereocenters. The summed E-state index contributed by atoms with van der Waals surface area (Å²) in [7, 11) is 3.24. The van der Waals surface area contributed by atoms with E-state index >= 15 is 0 Å². The van der Waals surface area contributed by atoms with Crippen molar-refractivity contribution in [3.63, 3.8) is 0 Å². The van der Waals surface area contributed by atoms with Crippen molar-refractivity contribution in [2.24, 2.45) is 0 Å². The summed E-state index contributed by atoms with van der Waals surface area (Å²) < 4.78 is 16.1. The first-order valence-corrected chi connectivity index (χ1v) is 8.71. The Hall–Kier alpha value is -2.69. The normalized spacial score (nSPS) is 10.3. The zero-order chi connectivity index (χ0) is 18.9. The van der Waals surface area contributed by atoms with Gasteiger partial charge in [-0.1, -0.05) is 23.8 Å². The minimum atomic E-state index is -0.114. The Morgan fingerprint density at radius 3 is 2.38 bits per heavy atom. The molecule has 0 radical (unpaired) electrons. The molecule has 0 bridgehead atoms. The molecule has 1 amide bonds. The maximum Gasteiger partial charge on any atom is 0.257 e. The zero-order valence-corrected chi connectivity index (χ0v) is 15.9. The third kappa shape index (κ3) is 5.69. The van der Waals surface area contributed by atoms with Crippen LogP contribution in [-0.4, -0.2) is 33.3 Å². The van der Waals surface area contributed by atoms with E-state index < -0.39 is 0 Å². The molecular formula is C21H27NO4. The fourth-order valence-electron chi connectivity index (χ4n) is 2.71. The van der Waals surface area contributed by atoms with Crippen LogP contribution in [0.4, 0.5) is 0 Å². The third-order valence-electron chi connectivity index (χ3n) is 4.10. The first kappa shape index (κ1) is 19.6. The molecule has 2 aromatic carbocycles. The van der Waals surface area contributed by atoms with Crippen LogP contribution in [0.3, 0.4) is 0 Å². The lowest BCUT2D eigenvalue weighted by atomic mass is 10.1. The number of methoxy groups -OCH3 is 2. The van der Waals surface area contributed by atoms with E-state index in [1.165, 1.54) is 5.56 Å². The molecule has 0 aromatic heterocycles. The quantitative estimate of drug-likeness (QED) is 0.699. The van der Waals surface area contributed by atoms with E-state index in [0.717, 1.165) is 35.5 Å². The molecule has 0 saturated carbocycles. The predicted octanol–water partition coefficient (Wildman–Crippen LogP) is 3.45. The van der Waals surface area contributed by atoms with E-state index in [4.69, 9.17) is 14.2 Å². The molecule has 2 rings (SSSR count). The highest BCUT2D eigenvalue weighted by Crippen LogP contribution is 2.27. The summed E-state index contributed by atoms with van der Waals surface area (Å²) in [5, 5.41) is 2.89. The molecule has 0 spiro atoms. The van der Waals surface area contributed by atoms with Crippen LogP contribution in [0.5, 0.6) is 17.2 Å². The Bertz CT molecular complexity index is 743. The Morgan fingerprint density at radius 2 is 1.69 bits per heavy atom. The third-order valence-corrected chi connectivity index (χ3v) is 4.10. The number of nitrogens with one attached hydrogen (secondary N) is 1. The van der Waals surface area contributed by atoms with Gasteiger partial charge in [0.15, 0.2) is 18.1 Å². The maximum absolute atomic E-state index is 11.9. The van der Waals surface area contributed by atoms with Gasteiger partial charge in [0, 0.05) is 6.54 Å². The lowest BCUT2D eigenvalue weighted by Gasteiger charge is -2.11. The minimum absolute atomic E-state index is 0.0280. The molecule has 0 heterocycles. The van der Waals surface area contributed by atoms with Gasteiger partial charge in [-0.15, -0.1) is 0 Å². The van der Waals surface area contributed by atoms with Crippen LogP contribution in [-0.2, 0) is 11.2 Å². The standard InChI is InChI=1S/C21H27NO4/c1-15-7-9-18(16(2)12-15)26-14-21(23)22-11-5-6-17-8-10-19(24-3)20(13-17)25-4/h7-10,12-13H,5-6,11,14H2,1-4H3,(H,22,23). The average molecular weight is 357 g/mol. The Balaban J connectivity index is 1.71. The number of amides is 1. The number of hydrogen-bond acceptors (Lipinski definition) is 4. The van der Waals surface area contributed by atoms with Crippen molar-refractivity contribution in [3.05, 3.63) is 53.1 Å². The Morgan fingerprint density at radius 1 is 0.962 bits per heavy atom. The average Bonchev–Trinajstić information content (AvgIpc) is 2.64. The second kappa shape index (κ2) is 9.70. The summed E-state index contributed by atoms with van der Waals surface area (Å²) in [4.78, 5) is 11.9. The van der Waals surface area contributed by atoms with Crippen molar-refractivity contribution in [3.8, 4) is 17.2 Å². The number of ether oxygens (including phenoxy) is 3. The smallest absolute Gasteiger partial charge is 0.257 e. The highest BCUT2D eigenvalue weighted by molar-refractivity contribution is 5.77. The Kier molecular flexibility index (Phi) is 7.33.